The third kappa shape index (κ3) is 3.02. The number of rotatable bonds is 4. The first kappa shape index (κ1) is 11.0. The number of amides is 1. The van der Waals surface area contributed by atoms with Crippen LogP contribution in [0.5, 0.6) is 0 Å². The monoisotopic (exact) mass is 215 g/mol. The molecule has 1 amide bonds. The van der Waals surface area contributed by atoms with Crippen LogP contribution in [0.3, 0.4) is 0 Å². The highest BCUT2D eigenvalue weighted by Gasteiger charge is 2.09. The topological polar surface area (TPSA) is 59.2 Å². The van der Waals surface area contributed by atoms with Gasteiger partial charge in [-0.3, -0.25) is 4.79 Å². The second-order valence-electron chi connectivity index (χ2n) is 2.89. The lowest BCUT2D eigenvalue weighted by Crippen LogP contribution is -2.23. The Kier molecular flexibility index (Phi) is 3.94. The summed E-state index contributed by atoms with van der Waals surface area (Å²) in [6.07, 6.45) is 0.717. The zero-order chi connectivity index (χ0) is 10.6. The van der Waals surface area contributed by atoms with E-state index in [4.69, 9.17) is 4.42 Å². The van der Waals surface area contributed by atoms with Crippen molar-refractivity contribution in [2.45, 2.75) is 18.6 Å². The minimum absolute atomic E-state index is 0.0336. The Bertz CT molecular complexity index is 311. The number of carbonyl (C=O) groups excluding carboxylic acids is 1. The number of thioether (sulfide) groups is 1. The third-order valence-electron chi connectivity index (χ3n) is 1.57. The van der Waals surface area contributed by atoms with Crippen molar-refractivity contribution >= 4 is 17.7 Å². The van der Waals surface area contributed by atoms with Gasteiger partial charge >= 0.3 is 0 Å². The van der Waals surface area contributed by atoms with Crippen LogP contribution in [0.15, 0.2) is 9.64 Å². The van der Waals surface area contributed by atoms with Gasteiger partial charge < -0.3 is 9.32 Å². The van der Waals surface area contributed by atoms with Gasteiger partial charge in [0.1, 0.15) is 0 Å². The summed E-state index contributed by atoms with van der Waals surface area (Å²) in [7, 11) is 3.43. The molecule has 0 N–H and O–H groups in total. The number of nitrogens with zero attached hydrogens (tertiary/aromatic N) is 3. The lowest BCUT2D eigenvalue weighted by Gasteiger charge is -2.07. The van der Waals surface area contributed by atoms with Crippen molar-refractivity contribution < 1.29 is 9.21 Å². The molecule has 0 aliphatic carbocycles. The van der Waals surface area contributed by atoms with Crippen molar-refractivity contribution in [1.82, 2.24) is 15.1 Å². The largest absolute Gasteiger partial charge is 0.416 e. The predicted molar refractivity (Wildman–Crippen MR) is 53.1 cm³/mol. The maximum Gasteiger partial charge on any atom is 0.277 e. The van der Waals surface area contributed by atoms with Crippen LogP contribution in [0, 0.1) is 0 Å². The van der Waals surface area contributed by atoms with E-state index in [2.05, 4.69) is 10.2 Å². The summed E-state index contributed by atoms with van der Waals surface area (Å²) in [5.41, 5.74) is 0. The van der Waals surface area contributed by atoms with E-state index in [-0.39, 0.29) is 5.91 Å². The molecule has 0 atom stereocenters. The molecule has 0 spiro atoms. The average Bonchev–Trinajstić information content (AvgIpc) is 2.61. The van der Waals surface area contributed by atoms with Gasteiger partial charge in [-0.1, -0.05) is 18.7 Å². The number of aryl methyl sites for hydroxylation is 1. The molecular weight excluding hydrogens is 202 g/mol. The van der Waals surface area contributed by atoms with Crippen molar-refractivity contribution in [2.24, 2.45) is 0 Å². The van der Waals surface area contributed by atoms with E-state index in [0.717, 1.165) is 6.42 Å². The van der Waals surface area contributed by atoms with Crippen LogP contribution in [0.4, 0.5) is 0 Å². The van der Waals surface area contributed by atoms with E-state index in [1.54, 1.807) is 14.1 Å². The molecule has 0 aliphatic heterocycles. The Morgan fingerprint density at radius 1 is 1.50 bits per heavy atom. The highest BCUT2D eigenvalue weighted by molar-refractivity contribution is 7.99. The van der Waals surface area contributed by atoms with E-state index in [9.17, 15) is 4.79 Å². The summed E-state index contributed by atoms with van der Waals surface area (Å²) in [5.74, 6) is 0.967. The summed E-state index contributed by atoms with van der Waals surface area (Å²) >= 11 is 1.26. The number of hydrogen-bond acceptors (Lipinski definition) is 5. The lowest BCUT2D eigenvalue weighted by atomic mass is 10.5. The molecule has 78 valence electrons. The molecule has 0 fully saturated rings. The molecule has 1 aromatic heterocycles. The fourth-order valence-corrected chi connectivity index (χ4v) is 1.45. The zero-order valence-electron chi connectivity index (χ0n) is 8.48. The summed E-state index contributed by atoms with van der Waals surface area (Å²) in [4.78, 5) is 12.7. The Morgan fingerprint density at radius 2 is 2.21 bits per heavy atom. The van der Waals surface area contributed by atoms with Crippen LogP contribution >= 0.6 is 11.8 Å². The maximum absolute atomic E-state index is 11.2. The number of carbonyl (C=O) groups is 1. The van der Waals surface area contributed by atoms with E-state index in [1.165, 1.54) is 16.7 Å². The quantitative estimate of drug-likeness (QED) is 0.696. The molecule has 0 radical (unpaired) electrons. The second-order valence-corrected chi connectivity index (χ2v) is 3.82. The Balaban J connectivity index is 2.41. The Hall–Kier alpha value is -1.04. The van der Waals surface area contributed by atoms with Gasteiger partial charge in [-0.2, -0.15) is 0 Å². The molecule has 0 aromatic carbocycles. The predicted octanol–water partition coefficient (Wildman–Crippen LogP) is 0.812. The Morgan fingerprint density at radius 3 is 2.71 bits per heavy atom. The third-order valence-corrected chi connectivity index (χ3v) is 2.37. The van der Waals surface area contributed by atoms with E-state index in [0.29, 0.717) is 16.9 Å². The van der Waals surface area contributed by atoms with Gasteiger partial charge in [0.15, 0.2) is 0 Å². The highest BCUT2D eigenvalue weighted by atomic mass is 32.2. The molecule has 5 nitrogen and oxygen atoms in total. The first-order valence-electron chi connectivity index (χ1n) is 4.28. The Labute approximate surface area is 86.9 Å². The zero-order valence-corrected chi connectivity index (χ0v) is 9.30. The fourth-order valence-electron chi connectivity index (χ4n) is 0.692. The van der Waals surface area contributed by atoms with Crippen molar-refractivity contribution in [3.8, 4) is 0 Å². The van der Waals surface area contributed by atoms with Gasteiger partial charge in [-0.25, -0.2) is 0 Å². The lowest BCUT2D eigenvalue weighted by molar-refractivity contribution is -0.125. The highest BCUT2D eigenvalue weighted by Crippen LogP contribution is 2.16. The second kappa shape index (κ2) is 4.99. The van der Waals surface area contributed by atoms with Gasteiger partial charge in [0.25, 0.3) is 5.22 Å². The minimum atomic E-state index is 0.0336. The number of aromatic nitrogens is 2. The smallest absolute Gasteiger partial charge is 0.277 e. The minimum Gasteiger partial charge on any atom is -0.416 e. The van der Waals surface area contributed by atoms with Crippen molar-refractivity contribution in [2.75, 3.05) is 19.8 Å². The molecule has 1 rings (SSSR count). The van der Waals surface area contributed by atoms with Crippen LogP contribution in [-0.4, -0.2) is 40.9 Å². The normalized spacial score (nSPS) is 10.2. The molecule has 6 heteroatoms. The van der Waals surface area contributed by atoms with Crippen molar-refractivity contribution in [1.29, 1.82) is 0 Å². The molecular formula is C8H13N3O2S. The van der Waals surface area contributed by atoms with Crippen LogP contribution in [0.1, 0.15) is 12.8 Å². The van der Waals surface area contributed by atoms with Crippen LogP contribution < -0.4 is 0 Å². The molecule has 0 bridgehead atoms. The molecule has 1 heterocycles. The molecule has 0 unspecified atom stereocenters. The number of hydrogen-bond donors (Lipinski definition) is 0. The summed E-state index contributed by atoms with van der Waals surface area (Å²) in [5, 5.41) is 8.04. The molecule has 14 heavy (non-hydrogen) atoms. The van der Waals surface area contributed by atoms with Gasteiger partial charge in [0, 0.05) is 20.5 Å². The first-order chi connectivity index (χ1) is 6.63. The maximum atomic E-state index is 11.2. The summed E-state index contributed by atoms with van der Waals surface area (Å²) < 4.78 is 5.23. The van der Waals surface area contributed by atoms with Gasteiger partial charge in [0.2, 0.25) is 11.8 Å². The molecule has 0 saturated carbocycles. The standard InChI is InChI=1S/C8H13N3O2S/c1-4-6-9-10-8(13-6)14-5-7(12)11(2)3/h4-5H2,1-3H3. The van der Waals surface area contributed by atoms with Gasteiger partial charge in [-0.05, 0) is 0 Å². The summed E-state index contributed by atoms with van der Waals surface area (Å²) in [6, 6.07) is 0. The molecule has 0 aliphatic rings. The molecule has 0 saturated heterocycles. The van der Waals surface area contributed by atoms with E-state index < -0.39 is 0 Å². The first-order valence-corrected chi connectivity index (χ1v) is 5.27. The van der Waals surface area contributed by atoms with Crippen molar-refractivity contribution in [3.05, 3.63) is 5.89 Å². The van der Waals surface area contributed by atoms with Crippen LogP contribution in [0.25, 0.3) is 0 Å². The SMILES string of the molecule is CCc1nnc(SCC(=O)N(C)C)o1. The molecule has 1 aromatic rings. The van der Waals surface area contributed by atoms with Crippen LogP contribution in [-0.2, 0) is 11.2 Å². The van der Waals surface area contributed by atoms with Gasteiger partial charge in [0.05, 0.1) is 5.75 Å². The van der Waals surface area contributed by atoms with Crippen molar-refractivity contribution in [3.63, 3.8) is 0 Å². The van der Waals surface area contributed by atoms with E-state index >= 15 is 0 Å². The van der Waals surface area contributed by atoms with E-state index in [1.807, 2.05) is 6.92 Å². The van der Waals surface area contributed by atoms with Crippen LogP contribution in [0.2, 0.25) is 0 Å². The van der Waals surface area contributed by atoms with Gasteiger partial charge in [-0.15, -0.1) is 10.2 Å². The average molecular weight is 215 g/mol. The summed E-state index contributed by atoms with van der Waals surface area (Å²) in [6.45, 7) is 1.94. The fraction of sp³-hybridized carbons (Fsp3) is 0.625.